The minimum atomic E-state index is -0.610. The van der Waals surface area contributed by atoms with Crippen LogP contribution in [0.15, 0.2) is 48.5 Å². The van der Waals surface area contributed by atoms with Crippen molar-refractivity contribution in [1.29, 1.82) is 0 Å². The molecule has 0 aliphatic carbocycles. The summed E-state index contributed by atoms with van der Waals surface area (Å²) in [6, 6.07) is 13.6. The van der Waals surface area contributed by atoms with Gasteiger partial charge in [-0.3, -0.25) is 4.79 Å². The Kier molecular flexibility index (Phi) is 3.71. The molecule has 0 aromatic heterocycles. The summed E-state index contributed by atoms with van der Waals surface area (Å²) < 4.78 is 13.4. The van der Waals surface area contributed by atoms with Crippen molar-refractivity contribution in [3.63, 3.8) is 0 Å². The van der Waals surface area contributed by atoms with Crippen LogP contribution < -0.4 is 10.6 Å². The zero-order valence-corrected chi connectivity index (χ0v) is 11.6. The third kappa shape index (κ3) is 2.81. The molecule has 1 aliphatic heterocycles. The van der Waals surface area contributed by atoms with Crippen molar-refractivity contribution in [2.24, 2.45) is 5.73 Å². The van der Waals surface area contributed by atoms with Crippen LogP contribution in [0.1, 0.15) is 11.1 Å². The van der Waals surface area contributed by atoms with Gasteiger partial charge >= 0.3 is 0 Å². The van der Waals surface area contributed by atoms with E-state index in [1.165, 1.54) is 12.1 Å². The van der Waals surface area contributed by atoms with E-state index in [4.69, 9.17) is 5.73 Å². The second-order valence-corrected chi connectivity index (χ2v) is 5.31. The SMILES string of the molecule is N[C@H](Cc1ccccc1)C(=O)N1CCc2ccc(F)cc21. The average molecular weight is 284 g/mol. The number of rotatable bonds is 3. The van der Waals surface area contributed by atoms with Crippen LogP contribution in [0.4, 0.5) is 10.1 Å². The number of hydrogen-bond acceptors (Lipinski definition) is 2. The van der Waals surface area contributed by atoms with Gasteiger partial charge in [0.1, 0.15) is 5.82 Å². The van der Waals surface area contributed by atoms with E-state index < -0.39 is 6.04 Å². The maximum Gasteiger partial charge on any atom is 0.244 e. The predicted octanol–water partition coefficient (Wildman–Crippen LogP) is 2.28. The molecular weight excluding hydrogens is 267 g/mol. The predicted molar refractivity (Wildman–Crippen MR) is 80.6 cm³/mol. The number of hydrogen-bond donors (Lipinski definition) is 1. The Bertz CT molecular complexity index is 657. The van der Waals surface area contributed by atoms with E-state index in [1.54, 1.807) is 11.0 Å². The molecule has 2 aromatic rings. The Balaban J connectivity index is 1.76. The van der Waals surface area contributed by atoms with Crippen LogP contribution >= 0.6 is 0 Å². The third-order valence-electron chi connectivity index (χ3n) is 3.82. The van der Waals surface area contributed by atoms with Gasteiger partial charge < -0.3 is 10.6 Å². The van der Waals surface area contributed by atoms with Gasteiger partial charge in [-0.2, -0.15) is 0 Å². The molecule has 3 rings (SSSR count). The van der Waals surface area contributed by atoms with Crippen molar-refractivity contribution >= 4 is 11.6 Å². The van der Waals surface area contributed by atoms with Crippen LogP contribution in [0.25, 0.3) is 0 Å². The van der Waals surface area contributed by atoms with Crippen molar-refractivity contribution in [2.45, 2.75) is 18.9 Å². The summed E-state index contributed by atoms with van der Waals surface area (Å²) in [6.07, 6.45) is 1.24. The molecule has 4 heteroatoms. The number of benzene rings is 2. The van der Waals surface area contributed by atoms with E-state index in [9.17, 15) is 9.18 Å². The van der Waals surface area contributed by atoms with Gasteiger partial charge in [0.2, 0.25) is 5.91 Å². The fraction of sp³-hybridized carbons (Fsp3) is 0.235. The van der Waals surface area contributed by atoms with Gasteiger partial charge in [0.05, 0.1) is 6.04 Å². The molecule has 1 heterocycles. The first-order valence-electron chi connectivity index (χ1n) is 7.04. The highest BCUT2D eigenvalue weighted by atomic mass is 19.1. The van der Waals surface area contributed by atoms with Gasteiger partial charge in [-0.1, -0.05) is 36.4 Å². The van der Waals surface area contributed by atoms with E-state index in [0.717, 1.165) is 17.5 Å². The lowest BCUT2D eigenvalue weighted by atomic mass is 10.1. The van der Waals surface area contributed by atoms with Gasteiger partial charge in [0, 0.05) is 12.2 Å². The number of amides is 1. The molecule has 0 saturated carbocycles. The molecule has 0 fully saturated rings. The largest absolute Gasteiger partial charge is 0.320 e. The number of carbonyl (C=O) groups excluding carboxylic acids is 1. The van der Waals surface area contributed by atoms with Crippen LogP contribution in [-0.2, 0) is 17.6 Å². The summed E-state index contributed by atoms with van der Waals surface area (Å²) >= 11 is 0. The van der Waals surface area contributed by atoms with Crippen molar-refractivity contribution in [1.82, 2.24) is 0 Å². The highest BCUT2D eigenvalue weighted by molar-refractivity contribution is 5.99. The number of halogens is 1. The summed E-state index contributed by atoms with van der Waals surface area (Å²) in [5.41, 5.74) is 8.72. The smallest absolute Gasteiger partial charge is 0.244 e. The molecule has 0 spiro atoms. The molecule has 2 N–H and O–H groups in total. The number of nitrogens with zero attached hydrogens (tertiary/aromatic N) is 1. The van der Waals surface area contributed by atoms with Crippen molar-refractivity contribution in [3.8, 4) is 0 Å². The second kappa shape index (κ2) is 5.66. The molecule has 0 radical (unpaired) electrons. The Morgan fingerprint density at radius 2 is 2.00 bits per heavy atom. The van der Waals surface area contributed by atoms with Gasteiger partial charge in [-0.05, 0) is 36.1 Å². The van der Waals surface area contributed by atoms with Crippen molar-refractivity contribution in [2.75, 3.05) is 11.4 Å². The van der Waals surface area contributed by atoms with Gasteiger partial charge in [0.15, 0.2) is 0 Å². The van der Waals surface area contributed by atoms with E-state index in [1.807, 2.05) is 30.3 Å². The van der Waals surface area contributed by atoms with Crippen LogP contribution in [0, 0.1) is 5.82 Å². The second-order valence-electron chi connectivity index (χ2n) is 5.31. The summed E-state index contributed by atoms with van der Waals surface area (Å²) in [4.78, 5) is 14.1. The van der Waals surface area contributed by atoms with Crippen LogP contribution in [0.3, 0.4) is 0 Å². The molecule has 108 valence electrons. The van der Waals surface area contributed by atoms with Crippen molar-refractivity contribution < 1.29 is 9.18 Å². The first kappa shape index (κ1) is 13.8. The Hall–Kier alpha value is -2.20. The normalized spacial score (nSPS) is 14.9. The Morgan fingerprint density at radius 3 is 2.76 bits per heavy atom. The zero-order valence-electron chi connectivity index (χ0n) is 11.6. The lowest BCUT2D eigenvalue weighted by Crippen LogP contribution is -2.44. The number of nitrogens with two attached hydrogens (primary N) is 1. The zero-order chi connectivity index (χ0) is 14.8. The standard InChI is InChI=1S/C17H17FN2O/c18-14-7-6-13-8-9-20(16(13)11-14)17(21)15(19)10-12-4-2-1-3-5-12/h1-7,11,15H,8-10,19H2/t15-/m1/s1. The maximum absolute atomic E-state index is 13.4. The average Bonchev–Trinajstić information content (AvgIpc) is 2.90. The summed E-state index contributed by atoms with van der Waals surface area (Å²) in [6.45, 7) is 0.570. The molecule has 0 unspecified atom stereocenters. The highest BCUT2D eigenvalue weighted by Crippen LogP contribution is 2.29. The summed E-state index contributed by atoms with van der Waals surface area (Å²) in [7, 11) is 0. The molecule has 1 aliphatic rings. The molecule has 0 bridgehead atoms. The van der Waals surface area contributed by atoms with Crippen LogP contribution in [0.5, 0.6) is 0 Å². The first-order valence-corrected chi connectivity index (χ1v) is 7.04. The van der Waals surface area contributed by atoms with E-state index in [-0.39, 0.29) is 11.7 Å². The molecule has 21 heavy (non-hydrogen) atoms. The molecular formula is C17H17FN2O. The Morgan fingerprint density at radius 1 is 1.24 bits per heavy atom. The third-order valence-corrected chi connectivity index (χ3v) is 3.82. The van der Waals surface area contributed by atoms with Crippen LogP contribution in [0.2, 0.25) is 0 Å². The van der Waals surface area contributed by atoms with E-state index in [0.29, 0.717) is 18.7 Å². The fourth-order valence-electron chi connectivity index (χ4n) is 2.74. The molecule has 1 amide bonds. The Labute approximate surface area is 123 Å². The monoisotopic (exact) mass is 284 g/mol. The molecule has 1 atom stereocenters. The first-order chi connectivity index (χ1) is 10.1. The van der Waals surface area contributed by atoms with Gasteiger partial charge in [-0.25, -0.2) is 4.39 Å². The lowest BCUT2D eigenvalue weighted by Gasteiger charge is -2.21. The summed E-state index contributed by atoms with van der Waals surface area (Å²) in [5, 5.41) is 0. The fourth-order valence-corrected chi connectivity index (χ4v) is 2.74. The molecule has 2 aromatic carbocycles. The number of fused-ring (bicyclic) bond motifs is 1. The van der Waals surface area contributed by atoms with Gasteiger partial charge in [-0.15, -0.1) is 0 Å². The minimum absolute atomic E-state index is 0.150. The van der Waals surface area contributed by atoms with E-state index in [2.05, 4.69) is 0 Å². The van der Waals surface area contributed by atoms with E-state index >= 15 is 0 Å². The molecule has 0 saturated heterocycles. The minimum Gasteiger partial charge on any atom is -0.320 e. The lowest BCUT2D eigenvalue weighted by molar-refractivity contribution is -0.119. The topological polar surface area (TPSA) is 46.3 Å². The molecule has 3 nitrogen and oxygen atoms in total. The summed E-state index contributed by atoms with van der Waals surface area (Å²) in [5.74, 6) is -0.478. The highest BCUT2D eigenvalue weighted by Gasteiger charge is 2.28. The maximum atomic E-state index is 13.4. The number of carbonyl (C=O) groups is 1. The van der Waals surface area contributed by atoms with Crippen molar-refractivity contribution in [3.05, 3.63) is 65.5 Å². The van der Waals surface area contributed by atoms with Gasteiger partial charge in [0.25, 0.3) is 0 Å². The quantitative estimate of drug-likeness (QED) is 0.940. The number of anilines is 1. The van der Waals surface area contributed by atoms with Crippen LogP contribution in [-0.4, -0.2) is 18.5 Å².